The highest BCUT2D eigenvalue weighted by atomic mass is 79.9. The number of nitrogens with one attached hydrogen (secondary N) is 1. The molecule has 0 saturated carbocycles. The average Bonchev–Trinajstić information content (AvgIpc) is 2.64. The van der Waals surface area contributed by atoms with Crippen LogP contribution in [0.4, 0.5) is 0 Å². The molecule has 0 aromatic heterocycles. The van der Waals surface area contributed by atoms with E-state index in [-0.39, 0.29) is 12.5 Å². The molecule has 0 fully saturated rings. The van der Waals surface area contributed by atoms with Crippen molar-refractivity contribution in [1.82, 2.24) is 5.43 Å². The summed E-state index contributed by atoms with van der Waals surface area (Å²) in [7, 11) is 0. The van der Waals surface area contributed by atoms with Crippen molar-refractivity contribution in [3.05, 3.63) is 52.5 Å². The quantitative estimate of drug-likeness (QED) is 0.494. The lowest BCUT2D eigenvalue weighted by atomic mass is 10.2. The Kier molecular flexibility index (Phi) is 7.95. The van der Waals surface area contributed by atoms with Gasteiger partial charge in [0.2, 0.25) is 0 Å². The summed E-state index contributed by atoms with van der Waals surface area (Å²) in [6, 6.07) is 12.7. The number of benzene rings is 2. The molecular formula is C19H21BrN2O4. The molecule has 7 heteroatoms. The molecule has 0 saturated heterocycles. The van der Waals surface area contributed by atoms with Gasteiger partial charge >= 0.3 is 0 Å². The predicted octanol–water partition coefficient (Wildman–Crippen LogP) is 3.78. The molecule has 0 atom stereocenters. The van der Waals surface area contributed by atoms with Crippen LogP contribution >= 0.6 is 15.9 Å². The first-order valence-corrected chi connectivity index (χ1v) is 9.01. The second-order valence-corrected chi connectivity index (χ2v) is 6.02. The minimum absolute atomic E-state index is 0.137. The van der Waals surface area contributed by atoms with Crippen LogP contribution in [0.3, 0.4) is 0 Å². The van der Waals surface area contributed by atoms with Gasteiger partial charge in [-0.05, 0) is 56.3 Å². The Bertz CT molecular complexity index is 748. The van der Waals surface area contributed by atoms with Crippen LogP contribution in [0.25, 0.3) is 0 Å². The number of halogens is 1. The van der Waals surface area contributed by atoms with Crippen LogP contribution in [0.5, 0.6) is 17.2 Å². The summed E-state index contributed by atoms with van der Waals surface area (Å²) < 4.78 is 17.2. The lowest BCUT2D eigenvalue weighted by molar-refractivity contribution is -0.123. The Hall–Kier alpha value is -2.54. The lowest BCUT2D eigenvalue weighted by Gasteiger charge is -2.08. The van der Waals surface area contributed by atoms with Gasteiger partial charge in [0.05, 0.1) is 19.4 Å². The van der Waals surface area contributed by atoms with Gasteiger partial charge in [0.15, 0.2) is 6.61 Å². The van der Waals surface area contributed by atoms with Crippen molar-refractivity contribution < 1.29 is 19.0 Å². The van der Waals surface area contributed by atoms with Gasteiger partial charge in [0, 0.05) is 10.0 Å². The molecule has 2 aromatic carbocycles. The number of hydrogen-bond donors (Lipinski definition) is 1. The Labute approximate surface area is 161 Å². The molecule has 2 aromatic rings. The minimum Gasteiger partial charge on any atom is -0.494 e. The summed E-state index contributed by atoms with van der Waals surface area (Å²) in [4.78, 5) is 11.8. The molecule has 0 radical (unpaired) electrons. The topological polar surface area (TPSA) is 69.2 Å². The predicted molar refractivity (Wildman–Crippen MR) is 104 cm³/mol. The van der Waals surface area contributed by atoms with Crippen LogP contribution in [0.2, 0.25) is 0 Å². The standard InChI is InChI=1S/C19H21BrN2O4/c1-3-24-16-6-8-17(9-7-16)26-13-19(23)22-21-12-14-11-15(20)5-10-18(14)25-4-2/h5-12H,3-4,13H2,1-2H3,(H,22,23)/b21-12+. The molecule has 0 aliphatic heterocycles. The van der Waals surface area contributed by atoms with Crippen molar-refractivity contribution in [1.29, 1.82) is 0 Å². The molecule has 0 bridgehead atoms. The molecule has 2 rings (SSSR count). The number of rotatable bonds is 9. The van der Waals surface area contributed by atoms with E-state index in [1.54, 1.807) is 24.3 Å². The Balaban J connectivity index is 1.84. The molecule has 138 valence electrons. The van der Waals surface area contributed by atoms with Gasteiger partial charge in [-0.3, -0.25) is 4.79 Å². The first-order valence-electron chi connectivity index (χ1n) is 8.22. The molecule has 6 nitrogen and oxygen atoms in total. The monoisotopic (exact) mass is 420 g/mol. The fourth-order valence-electron chi connectivity index (χ4n) is 2.06. The maximum Gasteiger partial charge on any atom is 0.277 e. The van der Waals surface area contributed by atoms with E-state index in [1.165, 1.54) is 6.21 Å². The molecule has 0 spiro atoms. The van der Waals surface area contributed by atoms with Gasteiger partial charge in [-0.1, -0.05) is 15.9 Å². The van der Waals surface area contributed by atoms with Crippen LogP contribution < -0.4 is 19.6 Å². The fourth-order valence-corrected chi connectivity index (χ4v) is 2.44. The van der Waals surface area contributed by atoms with Crippen LogP contribution in [-0.4, -0.2) is 31.9 Å². The van der Waals surface area contributed by atoms with Crippen LogP contribution in [-0.2, 0) is 4.79 Å². The maximum absolute atomic E-state index is 11.8. The van der Waals surface area contributed by atoms with Crippen LogP contribution in [0.1, 0.15) is 19.4 Å². The molecule has 1 amide bonds. The number of hydrogen-bond acceptors (Lipinski definition) is 5. The lowest BCUT2D eigenvalue weighted by Crippen LogP contribution is -2.24. The zero-order valence-corrected chi connectivity index (χ0v) is 16.3. The molecule has 0 aliphatic rings. The number of ether oxygens (including phenoxy) is 3. The number of carbonyl (C=O) groups excluding carboxylic acids is 1. The summed E-state index contributed by atoms with van der Waals surface area (Å²) in [6.07, 6.45) is 1.53. The summed E-state index contributed by atoms with van der Waals surface area (Å²) >= 11 is 3.40. The van der Waals surface area contributed by atoms with E-state index in [2.05, 4.69) is 26.5 Å². The summed E-state index contributed by atoms with van der Waals surface area (Å²) in [5, 5.41) is 3.95. The zero-order valence-electron chi connectivity index (χ0n) is 14.7. The first-order chi connectivity index (χ1) is 12.6. The van der Waals surface area contributed by atoms with E-state index in [0.717, 1.165) is 15.8 Å². The first kappa shape index (κ1) is 19.8. The number of nitrogens with zero attached hydrogens (tertiary/aromatic N) is 1. The zero-order chi connectivity index (χ0) is 18.8. The third-order valence-electron chi connectivity index (χ3n) is 3.17. The summed E-state index contributed by atoms with van der Waals surface area (Å²) in [5.74, 6) is 1.67. The minimum atomic E-state index is -0.358. The Morgan fingerprint density at radius 3 is 2.35 bits per heavy atom. The van der Waals surface area contributed by atoms with E-state index in [1.807, 2.05) is 32.0 Å². The van der Waals surface area contributed by atoms with Crippen molar-refractivity contribution in [2.45, 2.75) is 13.8 Å². The highest BCUT2D eigenvalue weighted by Gasteiger charge is 2.04. The van der Waals surface area contributed by atoms with Crippen LogP contribution in [0.15, 0.2) is 52.0 Å². The van der Waals surface area contributed by atoms with Gasteiger partial charge in [-0.25, -0.2) is 5.43 Å². The average molecular weight is 421 g/mol. The van der Waals surface area contributed by atoms with Crippen molar-refractivity contribution >= 4 is 28.1 Å². The third kappa shape index (κ3) is 6.40. The van der Waals surface area contributed by atoms with E-state index in [4.69, 9.17) is 14.2 Å². The second kappa shape index (κ2) is 10.5. The van der Waals surface area contributed by atoms with Gasteiger partial charge in [0.1, 0.15) is 17.2 Å². The van der Waals surface area contributed by atoms with Gasteiger partial charge in [-0.15, -0.1) is 0 Å². The van der Waals surface area contributed by atoms with Gasteiger partial charge in [-0.2, -0.15) is 5.10 Å². The maximum atomic E-state index is 11.8. The van der Waals surface area contributed by atoms with Crippen LogP contribution in [0, 0.1) is 0 Å². The molecular weight excluding hydrogens is 400 g/mol. The van der Waals surface area contributed by atoms with Crippen molar-refractivity contribution in [2.24, 2.45) is 5.10 Å². The molecule has 0 unspecified atom stereocenters. The smallest absolute Gasteiger partial charge is 0.277 e. The Morgan fingerprint density at radius 1 is 1.04 bits per heavy atom. The highest BCUT2D eigenvalue weighted by molar-refractivity contribution is 9.10. The van der Waals surface area contributed by atoms with Gasteiger partial charge < -0.3 is 14.2 Å². The molecule has 0 aliphatic carbocycles. The van der Waals surface area contributed by atoms with E-state index in [9.17, 15) is 4.79 Å². The third-order valence-corrected chi connectivity index (χ3v) is 3.66. The van der Waals surface area contributed by atoms with Crippen molar-refractivity contribution in [2.75, 3.05) is 19.8 Å². The Morgan fingerprint density at radius 2 is 1.69 bits per heavy atom. The number of carbonyl (C=O) groups is 1. The van der Waals surface area contributed by atoms with E-state index >= 15 is 0 Å². The molecule has 26 heavy (non-hydrogen) atoms. The fraction of sp³-hybridized carbons (Fsp3) is 0.263. The second-order valence-electron chi connectivity index (χ2n) is 5.10. The molecule has 1 N–H and O–H groups in total. The van der Waals surface area contributed by atoms with Crippen molar-refractivity contribution in [3.8, 4) is 17.2 Å². The van der Waals surface area contributed by atoms with E-state index in [0.29, 0.717) is 24.7 Å². The highest BCUT2D eigenvalue weighted by Crippen LogP contribution is 2.21. The summed E-state index contributed by atoms with van der Waals surface area (Å²) in [5.41, 5.74) is 3.19. The van der Waals surface area contributed by atoms with Gasteiger partial charge in [0.25, 0.3) is 5.91 Å². The molecule has 0 heterocycles. The normalized spacial score (nSPS) is 10.6. The largest absolute Gasteiger partial charge is 0.494 e. The summed E-state index contributed by atoms with van der Waals surface area (Å²) in [6.45, 7) is 4.83. The number of hydrazone groups is 1. The SMILES string of the molecule is CCOc1ccc(OCC(=O)N/N=C/c2cc(Br)ccc2OCC)cc1. The number of amides is 1. The van der Waals surface area contributed by atoms with E-state index < -0.39 is 0 Å². The van der Waals surface area contributed by atoms with Crippen molar-refractivity contribution in [3.63, 3.8) is 0 Å².